The Bertz CT molecular complexity index is 1610. The molecule has 1 aromatic heterocycles. The third kappa shape index (κ3) is 7.56. The molecule has 15 nitrogen and oxygen atoms in total. The van der Waals surface area contributed by atoms with Gasteiger partial charge in [0.15, 0.2) is 29.3 Å². The molecule has 3 heterocycles. The van der Waals surface area contributed by atoms with E-state index in [1.165, 1.54) is 34.5 Å². The molecule has 0 unspecified atom stereocenters. The van der Waals surface area contributed by atoms with E-state index in [-0.39, 0.29) is 47.2 Å². The number of methoxy groups -OCH3 is 9. The molecule has 50 heavy (non-hydrogen) atoms. The third-order valence-corrected chi connectivity index (χ3v) is 8.90. The second-order valence-electron chi connectivity index (χ2n) is 11.5. The van der Waals surface area contributed by atoms with Crippen molar-refractivity contribution in [3.05, 3.63) is 46.6 Å². The second kappa shape index (κ2) is 17.1. The lowest BCUT2D eigenvalue weighted by molar-refractivity contribution is -0.352. The van der Waals surface area contributed by atoms with Crippen LogP contribution < -0.4 is 24.4 Å². The largest absolute Gasteiger partial charge is 0.496 e. The van der Waals surface area contributed by atoms with E-state index >= 15 is 0 Å². The van der Waals surface area contributed by atoms with Crippen molar-refractivity contribution in [3.8, 4) is 34.3 Å². The summed E-state index contributed by atoms with van der Waals surface area (Å²) in [6.45, 7) is 0.347. The fourth-order valence-electron chi connectivity index (χ4n) is 6.42. The van der Waals surface area contributed by atoms with Crippen molar-refractivity contribution in [2.45, 2.75) is 55.3 Å². The second-order valence-corrected chi connectivity index (χ2v) is 11.5. The Morgan fingerprint density at radius 1 is 0.680 bits per heavy atom. The van der Waals surface area contributed by atoms with Gasteiger partial charge in [-0.15, -0.1) is 0 Å². The molecule has 2 fully saturated rings. The number of ether oxygens (including phenoxy) is 13. The first-order valence-electron chi connectivity index (χ1n) is 15.9. The van der Waals surface area contributed by atoms with Crippen LogP contribution in [0.3, 0.4) is 0 Å². The molecule has 15 heteroatoms. The molecule has 5 rings (SSSR count). The number of hydrogen-bond acceptors (Lipinski definition) is 15. The van der Waals surface area contributed by atoms with Crippen molar-refractivity contribution in [2.24, 2.45) is 0 Å². The van der Waals surface area contributed by atoms with Crippen molar-refractivity contribution < 1.29 is 66.0 Å². The van der Waals surface area contributed by atoms with Gasteiger partial charge in [0.1, 0.15) is 64.9 Å². The molecule has 0 radical (unpaired) electrons. The van der Waals surface area contributed by atoms with E-state index in [1.54, 1.807) is 65.9 Å². The Labute approximate surface area is 290 Å². The quantitative estimate of drug-likeness (QED) is 0.228. The van der Waals surface area contributed by atoms with Crippen LogP contribution in [0.2, 0.25) is 0 Å². The summed E-state index contributed by atoms with van der Waals surface area (Å²) in [5.41, 5.74) is 0.501. The van der Waals surface area contributed by atoms with Gasteiger partial charge in [-0.2, -0.15) is 0 Å². The lowest BCUT2D eigenvalue weighted by Crippen LogP contribution is -2.65. The Hall–Kier alpha value is -3.51. The maximum atomic E-state index is 13.3. The minimum Gasteiger partial charge on any atom is -0.496 e. The predicted octanol–water partition coefficient (Wildman–Crippen LogP) is 3.05. The minimum absolute atomic E-state index is 0.166. The normalized spacial score (nSPS) is 28.4. The van der Waals surface area contributed by atoms with Crippen molar-refractivity contribution in [1.29, 1.82) is 0 Å². The average Bonchev–Trinajstić information content (AvgIpc) is 3.14. The first-order chi connectivity index (χ1) is 24.3. The van der Waals surface area contributed by atoms with Gasteiger partial charge < -0.3 is 66.0 Å². The van der Waals surface area contributed by atoms with Gasteiger partial charge in [-0.25, -0.2) is 0 Å². The molecule has 2 aliphatic heterocycles. The summed E-state index contributed by atoms with van der Waals surface area (Å²) in [7, 11) is 13.8. The molecule has 0 bridgehead atoms. The molecule has 276 valence electrons. The minimum atomic E-state index is -1.12. The molecule has 9 atom stereocenters. The maximum absolute atomic E-state index is 13.3. The highest BCUT2D eigenvalue weighted by Crippen LogP contribution is 2.39. The van der Waals surface area contributed by atoms with Crippen LogP contribution in [0.4, 0.5) is 0 Å². The van der Waals surface area contributed by atoms with Crippen molar-refractivity contribution >= 4 is 11.0 Å². The number of hydrogen-bond donors (Lipinski definition) is 0. The monoisotopic (exact) mass is 706 g/mol. The van der Waals surface area contributed by atoms with Crippen LogP contribution in [-0.4, -0.2) is 133 Å². The van der Waals surface area contributed by atoms with Crippen molar-refractivity contribution in [2.75, 3.05) is 77.2 Å². The van der Waals surface area contributed by atoms with E-state index in [0.717, 1.165) is 0 Å². The van der Waals surface area contributed by atoms with Gasteiger partial charge in [-0.05, 0) is 18.2 Å². The van der Waals surface area contributed by atoms with Gasteiger partial charge in [-0.1, -0.05) is 0 Å². The summed E-state index contributed by atoms with van der Waals surface area (Å²) < 4.78 is 82.8. The highest BCUT2D eigenvalue weighted by Gasteiger charge is 2.52. The van der Waals surface area contributed by atoms with Gasteiger partial charge >= 0.3 is 0 Å². The summed E-state index contributed by atoms with van der Waals surface area (Å²) in [5.74, 6) is 1.71. The molecular formula is C35H46O15. The fourth-order valence-corrected chi connectivity index (χ4v) is 6.42. The van der Waals surface area contributed by atoms with Gasteiger partial charge in [0.25, 0.3) is 0 Å². The van der Waals surface area contributed by atoms with Gasteiger partial charge in [0.2, 0.25) is 6.29 Å². The lowest BCUT2D eigenvalue weighted by atomic mass is 9.97. The highest BCUT2D eigenvalue weighted by molar-refractivity contribution is 5.86. The summed E-state index contributed by atoms with van der Waals surface area (Å²) in [5, 5.41) is 0.284. The zero-order valence-electron chi connectivity index (χ0n) is 29.7. The van der Waals surface area contributed by atoms with Gasteiger partial charge in [0, 0.05) is 66.4 Å². The molecule has 0 saturated carbocycles. The standard InChI is InChI=1S/C35H46O15/c1-37-16-27-30(43-7)31(44-8)33(50-34-32(45-9)29(42-6)26(41-5)17-46-34)35(49-27)48-23-12-18(10-11-21(23)39-3)22-15-20(36)28-24(40-4)13-19(38-2)14-25(28)47-22/h10-15,26-27,29-35H,16-17H2,1-9H3/t26-,27-,29+,30-,31+,32-,33-,34+,35-/m1/s1. The van der Waals surface area contributed by atoms with Crippen molar-refractivity contribution in [1.82, 2.24) is 0 Å². The third-order valence-electron chi connectivity index (χ3n) is 8.90. The van der Waals surface area contributed by atoms with E-state index in [1.807, 2.05) is 0 Å². The van der Waals surface area contributed by atoms with Crippen LogP contribution >= 0.6 is 0 Å². The van der Waals surface area contributed by atoms with E-state index in [4.69, 9.17) is 66.0 Å². The average molecular weight is 707 g/mol. The predicted molar refractivity (Wildman–Crippen MR) is 177 cm³/mol. The molecule has 2 saturated heterocycles. The Kier molecular flexibility index (Phi) is 12.9. The van der Waals surface area contributed by atoms with Gasteiger partial charge in [-0.3, -0.25) is 4.79 Å². The summed E-state index contributed by atoms with van der Waals surface area (Å²) >= 11 is 0. The lowest BCUT2D eigenvalue weighted by Gasteiger charge is -2.47. The van der Waals surface area contributed by atoms with E-state index in [0.29, 0.717) is 22.8 Å². The summed E-state index contributed by atoms with van der Waals surface area (Å²) in [4.78, 5) is 13.3. The van der Waals surface area contributed by atoms with Crippen LogP contribution in [0.25, 0.3) is 22.3 Å². The first-order valence-corrected chi connectivity index (χ1v) is 15.9. The topological polar surface area (TPSA) is 150 Å². The molecular weight excluding hydrogens is 660 g/mol. The number of benzene rings is 2. The zero-order valence-corrected chi connectivity index (χ0v) is 29.7. The van der Waals surface area contributed by atoms with E-state index in [9.17, 15) is 4.79 Å². The maximum Gasteiger partial charge on any atom is 0.229 e. The molecule has 2 aliphatic rings. The SMILES string of the molecule is COC[C@H]1O[C@@H](Oc2cc(-c3cc(=O)c4c(OC)cc(OC)cc4o3)ccc2OC)[C@H](O[C@@H]2OC[C@@H](OC)[C@H](OC)[C@H]2OC)[C@@H](OC)[C@@H]1OC. The molecule has 0 aliphatic carbocycles. The number of rotatable bonds is 15. The summed E-state index contributed by atoms with van der Waals surface area (Å²) in [6, 6.07) is 9.74. The number of fused-ring (bicyclic) bond motifs is 1. The van der Waals surface area contributed by atoms with Gasteiger partial charge in [0.05, 0.1) is 34.5 Å². The van der Waals surface area contributed by atoms with E-state index < -0.39 is 49.2 Å². The van der Waals surface area contributed by atoms with Crippen LogP contribution in [0.1, 0.15) is 0 Å². The van der Waals surface area contributed by atoms with Crippen LogP contribution in [0.5, 0.6) is 23.0 Å². The van der Waals surface area contributed by atoms with E-state index in [2.05, 4.69) is 0 Å². The Balaban J connectivity index is 1.54. The smallest absolute Gasteiger partial charge is 0.229 e. The summed E-state index contributed by atoms with van der Waals surface area (Å²) in [6.07, 6.45) is -6.51. The molecule has 3 aromatic rings. The van der Waals surface area contributed by atoms with Crippen LogP contribution in [0, 0.1) is 0 Å². The zero-order chi connectivity index (χ0) is 35.9. The van der Waals surface area contributed by atoms with Crippen molar-refractivity contribution in [3.63, 3.8) is 0 Å². The Morgan fingerprint density at radius 2 is 1.40 bits per heavy atom. The van der Waals surface area contributed by atoms with Crippen LogP contribution in [-0.2, 0) is 42.6 Å². The Morgan fingerprint density at radius 3 is 2.02 bits per heavy atom. The first kappa shape index (κ1) is 37.7. The fraction of sp³-hybridized carbons (Fsp3) is 0.571. The molecule has 2 aromatic carbocycles. The molecule has 0 spiro atoms. The highest BCUT2D eigenvalue weighted by atomic mass is 16.8. The molecule has 0 N–H and O–H groups in total. The molecule has 0 amide bonds. The van der Waals surface area contributed by atoms with Crippen LogP contribution in [0.15, 0.2) is 45.6 Å².